The van der Waals surface area contributed by atoms with Gasteiger partial charge in [-0.2, -0.15) is 0 Å². The molecule has 3 heterocycles. The molecule has 26 heavy (non-hydrogen) atoms. The molecule has 7 nitrogen and oxygen atoms in total. The van der Waals surface area contributed by atoms with Gasteiger partial charge in [0.2, 0.25) is 17.7 Å². The maximum atomic E-state index is 6.04. The predicted molar refractivity (Wildman–Crippen MR) is 99.0 cm³/mol. The van der Waals surface area contributed by atoms with Gasteiger partial charge in [-0.25, -0.2) is 9.97 Å². The molecule has 0 spiro atoms. The first-order valence-electron chi connectivity index (χ1n) is 8.56. The standard InChI is InChI=1S/C18H19ClN6O/c1-13(16-22-23-17(26-16)14-4-2-5-15(19)12-14)24-8-10-25(11-9-24)18-20-6-3-7-21-18/h2-7,12-13H,8-11H2,1H3/t13-/m1/s1. The van der Waals surface area contributed by atoms with Crippen LogP contribution in [-0.2, 0) is 0 Å². The quantitative estimate of drug-likeness (QED) is 0.698. The Kier molecular flexibility index (Phi) is 4.81. The van der Waals surface area contributed by atoms with Gasteiger partial charge in [0.25, 0.3) is 0 Å². The summed E-state index contributed by atoms with van der Waals surface area (Å²) >= 11 is 6.04. The van der Waals surface area contributed by atoms with Crippen LogP contribution < -0.4 is 4.90 Å². The largest absolute Gasteiger partial charge is 0.419 e. The highest BCUT2D eigenvalue weighted by molar-refractivity contribution is 6.30. The molecule has 1 fully saturated rings. The monoisotopic (exact) mass is 370 g/mol. The zero-order chi connectivity index (χ0) is 17.9. The van der Waals surface area contributed by atoms with E-state index in [-0.39, 0.29) is 6.04 Å². The minimum absolute atomic E-state index is 0.0503. The Labute approximate surface area is 156 Å². The van der Waals surface area contributed by atoms with Crippen molar-refractivity contribution in [2.45, 2.75) is 13.0 Å². The van der Waals surface area contributed by atoms with Crippen LogP contribution in [-0.4, -0.2) is 51.2 Å². The number of benzene rings is 1. The van der Waals surface area contributed by atoms with Crippen molar-refractivity contribution in [2.75, 3.05) is 31.1 Å². The van der Waals surface area contributed by atoms with Crippen LogP contribution in [0.5, 0.6) is 0 Å². The van der Waals surface area contributed by atoms with E-state index in [4.69, 9.17) is 16.0 Å². The van der Waals surface area contributed by atoms with E-state index < -0.39 is 0 Å². The van der Waals surface area contributed by atoms with Crippen molar-refractivity contribution in [2.24, 2.45) is 0 Å². The van der Waals surface area contributed by atoms with E-state index in [0.29, 0.717) is 16.8 Å². The molecule has 3 aromatic rings. The number of piperazine rings is 1. The summed E-state index contributed by atoms with van der Waals surface area (Å²) in [7, 11) is 0. The molecule has 1 saturated heterocycles. The van der Waals surface area contributed by atoms with Gasteiger partial charge in [0.1, 0.15) is 0 Å². The van der Waals surface area contributed by atoms with Crippen molar-refractivity contribution >= 4 is 17.5 Å². The zero-order valence-electron chi connectivity index (χ0n) is 14.4. The second-order valence-corrected chi connectivity index (χ2v) is 6.64. The SMILES string of the molecule is C[C@H](c1nnc(-c2cccc(Cl)c2)o1)N1CCN(c2ncccn2)CC1. The lowest BCUT2D eigenvalue weighted by atomic mass is 10.2. The zero-order valence-corrected chi connectivity index (χ0v) is 15.2. The summed E-state index contributed by atoms with van der Waals surface area (Å²) in [5, 5.41) is 9.06. The molecular weight excluding hydrogens is 352 g/mol. The third-order valence-corrected chi connectivity index (χ3v) is 4.80. The minimum Gasteiger partial charge on any atom is -0.419 e. The van der Waals surface area contributed by atoms with E-state index in [1.54, 1.807) is 12.4 Å². The first-order valence-corrected chi connectivity index (χ1v) is 8.94. The molecule has 0 saturated carbocycles. The lowest BCUT2D eigenvalue weighted by molar-refractivity contribution is 0.173. The molecule has 4 rings (SSSR count). The minimum atomic E-state index is 0.0503. The van der Waals surface area contributed by atoms with Crippen LogP contribution in [0, 0.1) is 0 Å². The maximum Gasteiger partial charge on any atom is 0.247 e. The number of hydrogen-bond donors (Lipinski definition) is 0. The Hall–Kier alpha value is -2.51. The highest BCUT2D eigenvalue weighted by Gasteiger charge is 2.26. The molecule has 2 aromatic heterocycles. The van der Waals surface area contributed by atoms with E-state index in [9.17, 15) is 0 Å². The van der Waals surface area contributed by atoms with Crippen molar-refractivity contribution < 1.29 is 4.42 Å². The highest BCUT2D eigenvalue weighted by Crippen LogP contribution is 2.26. The van der Waals surface area contributed by atoms with Crippen LogP contribution in [0.2, 0.25) is 5.02 Å². The lowest BCUT2D eigenvalue weighted by Crippen LogP contribution is -2.47. The normalized spacial score (nSPS) is 16.6. The van der Waals surface area contributed by atoms with Gasteiger partial charge in [-0.05, 0) is 31.2 Å². The fraction of sp³-hybridized carbons (Fsp3) is 0.333. The van der Waals surface area contributed by atoms with Crippen molar-refractivity contribution in [3.8, 4) is 11.5 Å². The van der Waals surface area contributed by atoms with E-state index in [0.717, 1.165) is 37.7 Å². The topological polar surface area (TPSA) is 71.2 Å². The molecule has 1 atom stereocenters. The molecule has 0 radical (unpaired) electrons. The number of rotatable bonds is 4. The Morgan fingerprint density at radius 2 is 1.81 bits per heavy atom. The van der Waals surface area contributed by atoms with Crippen LogP contribution in [0.1, 0.15) is 18.9 Å². The summed E-state index contributed by atoms with van der Waals surface area (Å²) < 4.78 is 5.89. The molecule has 1 aromatic carbocycles. The van der Waals surface area contributed by atoms with Crippen LogP contribution >= 0.6 is 11.6 Å². The van der Waals surface area contributed by atoms with Gasteiger partial charge in [0, 0.05) is 49.2 Å². The number of anilines is 1. The summed E-state index contributed by atoms with van der Waals surface area (Å²) in [6, 6.07) is 9.30. The first-order chi connectivity index (χ1) is 12.7. The van der Waals surface area contributed by atoms with Crippen molar-refractivity contribution in [3.05, 3.63) is 53.6 Å². The maximum absolute atomic E-state index is 6.04. The number of aromatic nitrogens is 4. The Morgan fingerprint density at radius 1 is 1.04 bits per heavy atom. The molecule has 8 heteroatoms. The Balaban J connectivity index is 1.42. The van der Waals surface area contributed by atoms with Gasteiger partial charge in [-0.1, -0.05) is 17.7 Å². The van der Waals surface area contributed by atoms with Gasteiger partial charge in [-0.15, -0.1) is 10.2 Å². The fourth-order valence-corrected chi connectivity index (χ4v) is 3.25. The molecule has 134 valence electrons. The Morgan fingerprint density at radius 3 is 2.54 bits per heavy atom. The predicted octanol–water partition coefficient (Wildman–Crippen LogP) is 3.06. The number of hydrogen-bond acceptors (Lipinski definition) is 7. The van der Waals surface area contributed by atoms with E-state index in [1.165, 1.54) is 0 Å². The van der Waals surface area contributed by atoms with Crippen molar-refractivity contribution in [3.63, 3.8) is 0 Å². The second kappa shape index (κ2) is 7.39. The van der Waals surface area contributed by atoms with Crippen LogP contribution in [0.3, 0.4) is 0 Å². The first kappa shape index (κ1) is 16.9. The molecule has 0 unspecified atom stereocenters. The number of nitrogens with zero attached hydrogens (tertiary/aromatic N) is 6. The molecule has 0 bridgehead atoms. The van der Waals surface area contributed by atoms with Crippen molar-refractivity contribution in [1.29, 1.82) is 0 Å². The third-order valence-electron chi connectivity index (χ3n) is 4.57. The van der Waals surface area contributed by atoms with Gasteiger partial charge in [-0.3, -0.25) is 4.90 Å². The summed E-state index contributed by atoms with van der Waals surface area (Å²) in [6.07, 6.45) is 3.54. The molecule has 1 aliphatic rings. The van der Waals surface area contributed by atoms with Crippen LogP contribution in [0.15, 0.2) is 47.1 Å². The summed E-state index contributed by atoms with van der Waals surface area (Å²) in [5.41, 5.74) is 0.828. The fourth-order valence-electron chi connectivity index (χ4n) is 3.06. The molecule has 0 N–H and O–H groups in total. The molecule has 1 aliphatic heterocycles. The van der Waals surface area contributed by atoms with Gasteiger partial charge >= 0.3 is 0 Å². The highest BCUT2D eigenvalue weighted by atomic mass is 35.5. The molecular formula is C18H19ClN6O. The van der Waals surface area contributed by atoms with E-state index in [2.05, 4.69) is 36.9 Å². The summed E-state index contributed by atoms with van der Waals surface area (Å²) in [5.74, 6) is 1.89. The lowest BCUT2D eigenvalue weighted by Gasteiger charge is -2.36. The Bertz CT molecular complexity index is 863. The number of halogens is 1. The van der Waals surface area contributed by atoms with Gasteiger partial charge in [0.05, 0.1) is 6.04 Å². The average molecular weight is 371 g/mol. The van der Waals surface area contributed by atoms with Gasteiger partial charge in [0.15, 0.2) is 0 Å². The third kappa shape index (κ3) is 3.54. The summed E-state index contributed by atoms with van der Waals surface area (Å²) in [4.78, 5) is 13.2. The molecule has 0 aliphatic carbocycles. The smallest absolute Gasteiger partial charge is 0.247 e. The summed E-state index contributed by atoms with van der Waals surface area (Å²) in [6.45, 7) is 5.58. The average Bonchev–Trinajstić information content (AvgIpc) is 3.18. The van der Waals surface area contributed by atoms with E-state index in [1.807, 2.05) is 30.3 Å². The van der Waals surface area contributed by atoms with E-state index >= 15 is 0 Å². The van der Waals surface area contributed by atoms with Crippen molar-refractivity contribution in [1.82, 2.24) is 25.1 Å². The molecule has 0 amide bonds. The second-order valence-electron chi connectivity index (χ2n) is 6.20. The van der Waals surface area contributed by atoms with Gasteiger partial charge < -0.3 is 9.32 Å². The van der Waals surface area contributed by atoms with Crippen LogP contribution in [0.25, 0.3) is 11.5 Å². The van der Waals surface area contributed by atoms with Crippen LogP contribution in [0.4, 0.5) is 5.95 Å².